The molecule has 5 atom stereocenters. The first-order chi connectivity index (χ1) is 49.7. The van der Waals surface area contributed by atoms with Gasteiger partial charge in [-0.05, 0) is 154 Å². The Labute approximate surface area is 619 Å². The van der Waals surface area contributed by atoms with E-state index in [-0.39, 0.29) is 25.7 Å². The van der Waals surface area contributed by atoms with E-state index in [0.29, 0.717) is 32.1 Å². The third kappa shape index (κ3) is 73.8. The van der Waals surface area contributed by atoms with Crippen molar-refractivity contribution < 1.29 is 80.2 Å². The van der Waals surface area contributed by atoms with Crippen LogP contribution in [0, 0.1) is 0 Å². The summed E-state index contributed by atoms with van der Waals surface area (Å²) in [6.07, 6.45) is 81.9. The second kappa shape index (κ2) is 74.7. The molecule has 0 aliphatic heterocycles. The number of rotatable bonds is 74. The normalized spacial score (nSPS) is 14.5. The molecule has 17 nitrogen and oxygen atoms in total. The third-order valence-electron chi connectivity index (χ3n) is 16.4. The Morgan fingerprint density at radius 1 is 0.284 bits per heavy atom. The second-order valence-electron chi connectivity index (χ2n) is 26.3. The van der Waals surface area contributed by atoms with Crippen molar-refractivity contribution in [2.45, 2.75) is 341 Å². The number of esters is 4. The first-order valence-electron chi connectivity index (χ1n) is 39.8. The minimum absolute atomic E-state index is 0.0153. The number of carbonyl (C=O) groups is 4. The molecule has 3 N–H and O–H groups in total. The highest BCUT2D eigenvalue weighted by molar-refractivity contribution is 7.47. The summed E-state index contributed by atoms with van der Waals surface area (Å²) in [6, 6.07) is 0. The number of unbranched alkanes of at least 4 members (excludes halogenated alkanes) is 28. The molecular weight excluding hydrogens is 1330 g/mol. The second-order valence-corrected chi connectivity index (χ2v) is 29.2. The zero-order valence-corrected chi connectivity index (χ0v) is 65.8. The fraction of sp³-hybridized carbons (Fsp3) is 0.711. The first-order valence-corrected chi connectivity index (χ1v) is 42.8. The van der Waals surface area contributed by atoms with Crippen molar-refractivity contribution in [3.8, 4) is 0 Å². The van der Waals surface area contributed by atoms with Crippen LogP contribution in [-0.4, -0.2) is 96.7 Å². The van der Waals surface area contributed by atoms with Crippen LogP contribution >= 0.6 is 15.6 Å². The maximum absolute atomic E-state index is 13.1. The molecule has 0 saturated carbocycles. The summed E-state index contributed by atoms with van der Waals surface area (Å²) >= 11 is 0. The van der Waals surface area contributed by atoms with Crippen LogP contribution in [0.2, 0.25) is 0 Å². The van der Waals surface area contributed by atoms with Crippen molar-refractivity contribution in [2.75, 3.05) is 39.6 Å². The van der Waals surface area contributed by atoms with E-state index in [0.717, 1.165) is 154 Å². The maximum Gasteiger partial charge on any atom is 0.472 e. The summed E-state index contributed by atoms with van der Waals surface area (Å²) in [4.78, 5) is 72.9. The van der Waals surface area contributed by atoms with Crippen LogP contribution in [0.4, 0.5) is 0 Å². The van der Waals surface area contributed by atoms with Gasteiger partial charge in [0.15, 0.2) is 12.2 Å². The largest absolute Gasteiger partial charge is 0.472 e. The number of hydrogen-bond donors (Lipinski definition) is 3. The van der Waals surface area contributed by atoms with E-state index in [9.17, 15) is 43.2 Å². The van der Waals surface area contributed by atoms with Crippen LogP contribution in [0.25, 0.3) is 0 Å². The molecule has 19 heteroatoms. The first kappa shape index (κ1) is 97.5. The van der Waals surface area contributed by atoms with E-state index in [4.69, 9.17) is 37.0 Å². The van der Waals surface area contributed by atoms with Crippen molar-refractivity contribution in [1.29, 1.82) is 0 Å². The standard InChI is InChI=1S/C83H142O17P2/c1-5-9-13-17-21-25-29-33-36-38-41-45-48-52-56-60-64-68-81(86)94-74-79(100-83(88)70-66-62-58-54-50-46-42-39-37-34-30-26-22-18-14-10-6-2)76-98-102(91,92)96-72-77(84)71-95-101(89,90)97-75-78(99-82(87)69-65-61-57-53-49-43-32-28-24-20-16-12-8-4)73-93-80(85)67-63-59-55-51-47-44-40-35-31-27-23-19-15-11-7-3/h9,13,21,23,25,27-28,32-37,40-42,45-46,54,58,77-79,84H,5-8,10-12,14-20,22,24,26,29-31,38-39,43-44,47-53,55-57,59-76H2,1-4H3,(H,89,90)(H,91,92)/t77?,78-,79-/m1/s1. The van der Waals surface area contributed by atoms with Crippen LogP contribution in [0.5, 0.6) is 0 Å². The third-order valence-corrected chi connectivity index (χ3v) is 18.3. The van der Waals surface area contributed by atoms with Gasteiger partial charge in [0, 0.05) is 25.7 Å². The van der Waals surface area contributed by atoms with Gasteiger partial charge in [-0.2, -0.15) is 0 Å². The van der Waals surface area contributed by atoms with Crippen molar-refractivity contribution in [3.63, 3.8) is 0 Å². The van der Waals surface area contributed by atoms with E-state index < -0.39 is 97.5 Å². The SMILES string of the molecule is CCC=CCC=CCC=CCC=CCCCCCCC(=O)OC[C@H](COP(=O)(O)OCC(O)COP(=O)(O)OC[C@@H](COC(=O)CCCCCCCC=CCC=CCCCCC)OC(=O)CCCCCCCC=CCCCCCC)OC(=O)CCCC=CCC=CCC=CCCCCCCCC. The highest BCUT2D eigenvalue weighted by Crippen LogP contribution is 2.45. The molecule has 0 rings (SSSR count). The average molecular weight is 1470 g/mol. The minimum atomic E-state index is -5.00. The molecule has 586 valence electrons. The Morgan fingerprint density at radius 3 is 0.863 bits per heavy atom. The summed E-state index contributed by atoms with van der Waals surface area (Å²) in [6.45, 7) is 4.62. The van der Waals surface area contributed by atoms with Gasteiger partial charge in [-0.1, -0.05) is 265 Å². The van der Waals surface area contributed by atoms with Gasteiger partial charge in [-0.25, -0.2) is 9.13 Å². The lowest BCUT2D eigenvalue weighted by Crippen LogP contribution is -2.30. The lowest BCUT2D eigenvalue weighted by Gasteiger charge is -2.21. The van der Waals surface area contributed by atoms with Gasteiger partial charge in [0.05, 0.1) is 26.4 Å². The molecule has 0 saturated heterocycles. The lowest BCUT2D eigenvalue weighted by atomic mass is 10.1. The van der Waals surface area contributed by atoms with Gasteiger partial charge in [0.2, 0.25) is 0 Å². The van der Waals surface area contributed by atoms with E-state index in [1.165, 1.54) is 83.5 Å². The van der Waals surface area contributed by atoms with Crippen molar-refractivity contribution in [2.24, 2.45) is 0 Å². The van der Waals surface area contributed by atoms with Gasteiger partial charge >= 0.3 is 39.5 Å². The number of carbonyl (C=O) groups excluding carboxylic acids is 4. The molecule has 0 radical (unpaired) electrons. The fourth-order valence-corrected chi connectivity index (χ4v) is 11.9. The minimum Gasteiger partial charge on any atom is -0.462 e. The number of phosphoric acid groups is 2. The van der Waals surface area contributed by atoms with Gasteiger partial charge in [0.1, 0.15) is 19.3 Å². The zero-order chi connectivity index (χ0) is 74.6. The molecule has 102 heavy (non-hydrogen) atoms. The summed E-state index contributed by atoms with van der Waals surface area (Å²) in [5.74, 6) is -2.28. The van der Waals surface area contributed by atoms with Crippen LogP contribution < -0.4 is 0 Å². The fourth-order valence-electron chi connectivity index (χ4n) is 10.3. The zero-order valence-electron chi connectivity index (χ0n) is 64.0. The maximum atomic E-state index is 13.1. The predicted molar refractivity (Wildman–Crippen MR) is 418 cm³/mol. The number of ether oxygens (including phenoxy) is 4. The van der Waals surface area contributed by atoms with Gasteiger partial charge in [-0.3, -0.25) is 37.3 Å². The molecule has 0 aromatic heterocycles. The van der Waals surface area contributed by atoms with Crippen molar-refractivity contribution in [3.05, 3.63) is 122 Å². The Morgan fingerprint density at radius 2 is 0.520 bits per heavy atom. The molecule has 3 unspecified atom stereocenters. The van der Waals surface area contributed by atoms with Gasteiger partial charge in [0.25, 0.3) is 0 Å². The van der Waals surface area contributed by atoms with E-state index >= 15 is 0 Å². The molecule has 0 spiro atoms. The number of allylic oxidation sites excluding steroid dienone is 20. The van der Waals surface area contributed by atoms with E-state index in [1.54, 1.807) is 0 Å². The quantitative estimate of drug-likeness (QED) is 0.0169. The molecule has 0 aliphatic rings. The summed E-state index contributed by atoms with van der Waals surface area (Å²) in [7, 11) is -9.99. The van der Waals surface area contributed by atoms with Crippen molar-refractivity contribution in [1.82, 2.24) is 0 Å². The Bertz CT molecular complexity index is 2410. The predicted octanol–water partition coefficient (Wildman–Crippen LogP) is 23.1. The molecule has 0 aromatic carbocycles. The summed E-state index contributed by atoms with van der Waals surface area (Å²) in [5.41, 5.74) is 0. The topological polar surface area (TPSA) is 237 Å². The van der Waals surface area contributed by atoms with E-state index in [1.807, 2.05) is 12.2 Å². The molecule has 0 aromatic rings. The van der Waals surface area contributed by atoms with E-state index in [2.05, 4.69) is 137 Å². The monoisotopic (exact) mass is 1470 g/mol. The van der Waals surface area contributed by atoms with Crippen molar-refractivity contribution >= 4 is 39.5 Å². The summed E-state index contributed by atoms with van der Waals surface area (Å²) < 4.78 is 68.5. The molecular formula is C83H142O17P2. The highest BCUT2D eigenvalue weighted by Gasteiger charge is 2.30. The number of aliphatic hydroxyl groups is 1. The number of phosphoric ester groups is 2. The molecule has 0 heterocycles. The van der Waals surface area contributed by atoms with Crippen LogP contribution in [0.15, 0.2) is 122 Å². The van der Waals surface area contributed by atoms with Crippen LogP contribution in [0.3, 0.4) is 0 Å². The Kier molecular flexibility index (Phi) is 71.4. The average Bonchev–Trinajstić information content (AvgIpc) is 0.959. The molecule has 0 amide bonds. The lowest BCUT2D eigenvalue weighted by molar-refractivity contribution is -0.161. The van der Waals surface area contributed by atoms with Crippen LogP contribution in [0.1, 0.15) is 323 Å². The number of hydrogen-bond acceptors (Lipinski definition) is 15. The van der Waals surface area contributed by atoms with Gasteiger partial charge in [-0.15, -0.1) is 0 Å². The van der Waals surface area contributed by atoms with Crippen LogP contribution in [-0.2, 0) is 65.4 Å². The highest BCUT2D eigenvalue weighted by atomic mass is 31.2. The summed E-state index contributed by atoms with van der Waals surface area (Å²) in [5, 5.41) is 10.6. The smallest absolute Gasteiger partial charge is 0.462 e. The Balaban J connectivity index is 5.44. The Hall–Kier alpha value is -4.54. The molecule has 0 fully saturated rings. The molecule has 0 aliphatic carbocycles. The number of aliphatic hydroxyl groups excluding tert-OH is 1. The van der Waals surface area contributed by atoms with Gasteiger partial charge < -0.3 is 33.8 Å². The molecule has 0 bridgehead atoms.